The van der Waals surface area contributed by atoms with Crippen LogP contribution in [0.3, 0.4) is 0 Å². The third kappa shape index (κ3) is 3.62. The molecular weight excluding hydrogens is 374 g/mol. The number of likely N-dealkylation sites (tertiary alicyclic amines) is 1. The number of amides is 1. The van der Waals surface area contributed by atoms with Gasteiger partial charge in [0.15, 0.2) is 0 Å². The molecule has 1 unspecified atom stereocenters. The van der Waals surface area contributed by atoms with E-state index >= 15 is 0 Å². The molecule has 5 heteroatoms. The Morgan fingerprint density at radius 2 is 1.73 bits per heavy atom. The summed E-state index contributed by atoms with van der Waals surface area (Å²) in [5.74, 6) is 0.829. The molecule has 0 bridgehead atoms. The van der Waals surface area contributed by atoms with Gasteiger partial charge in [-0.05, 0) is 35.9 Å². The number of pyridine rings is 2. The zero-order valence-corrected chi connectivity index (χ0v) is 16.4. The largest absolute Gasteiger partial charge is 0.488 e. The molecular formula is C25H21N3O2. The summed E-state index contributed by atoms with van der Waals surface area (Å²) in [5, 5.41) is 1.10. The smallest absolute Gasteiger partial charge is 0.253 e. The Labute approximate surface area is 175 Å². The zero-order chi connectivity index (χ0) is 20.3. The maximum atomic E-state index is 13.0. The molecule has 2 aromatic heterocycles. The first kappa shape index (κ1) is 18.3. The minimum absolute atomic E-state index is 0.0115. The van der Waals surface area contributed by atoms with E-state index in [9.17, 15) is 4.79 Å². The van der Waals surface area contributed by atoms with E-state index in [1.54, 1.807) is 12.4 Å². The van der Waals surface area contributed by atoms with Crippen LogP contribution in [-0.2, 0) is 0 Å². The van der Waals surface area contributed by atoms with E-state index in [0.717, 1.165) is 34.2 Å². The standard InChI is InChI=1S/C25H21N3O2/c29-25(28-16-12-22(17-28)30-21-10-14-26-15-11-21)20-8-6-18(7-9-20)23-5-1-3-19-4-2-13-27-24(19)23/h1-11,13-15,22H,12,16-17H2. The Balaban J connectivity index is 1.30. The number of nitrogens with zero attached hydrogens (tertiary/aromatic N) is 3. The molecule has 1 amide bonds. The van der Waals surface area contributed by atoms with Gasteiger partial charge in [0, 0.05) is 48.1 Å². The average molecular weight is 395 g/mol. The number of rotatable bonds is 4. The van der Waals surface area contributed by atoms with Gasteiger partial charge in [0.05, 0.1) is 12.1 Å². The molecule has 0 radical (unpaired) electrons. The van der Waals surface area contributed by atoms with Gasteiger partial charge in [0.1, 0.15) is 11.9 Å². The number of hydrogen-bond acceptors (Lipinski definition) is 4. The molecule has 1 saturated heterocycles. The maximum absolute atomic E-state index is 13.0. The van der Waals surface area contributed by atoms with E-state index in [4.69, 9.17) is 4.74 Å². The number of aromatic nitrogens is 2. The number of hydrogen-bond donors (Lipinski definition) is 0. The number of para-hydroxylation sites is 1. The van der Waals surface area contributed by atoms with Crippen LogP contribution in [0.2, 0.25) is 0 Å². The topological polar surface area (TPSA) is 55.3 Å². The second-order valence-electron chi connectivity index (χ2n) is 7.42. The van der Waals surface area contributed by atoms with Gasteiger partial charge in [-0.15, -0.1) is 0 Å². The molecule has 0 aliphatic carbocycles. The van der Waals surface area contributed by atoms with Crippen LogP contribution in [0, 0.1) is 0 Å². The highest BCUT2D eigenvalue weighted by Crippen LogP contribution is 2.27. The van der Waals surface area contributed by atoms with Crippen molar-refractivity contribution in [2.24, 2.45) is 0 Å². The van der Waals surface area contributed by atoms with Gasteiger partial charge < -0.3 is 9.64 Å². The number of carbonyl (C=O) groups excluding carboxylic acids is 1. The molecule has 1 atom stereocenters. The van der Waals surface area contributed by atoms with Crippen molar-refractivity contribution in [3.8, 4) is 16.9 Å². The third-order valence-corrected chi connectivity index (χ3v) is 5.46. The fourth-order valence-electron chi connectivity index (χ4n) is 3.93. The monoisotopic (exact) mass is 395 g/mol. The van der Waals surface area contributed by atoms with E-state index < -0.39 is 0 Å². The molecule has 2 aromatic carbocycles. The van der Waals surface area contributed by atoms with Gasteiger partial charge in [-0.2, -0.15) is 0 Å². The van der Waals surface area contributed by atoms with E-state index in [1.807, 2.05) is 59.6 Å². The lowest BCUT2D eigenvalue weighted by atomic mass is 10.0. The van der Waals surface area contributed by atoms with Crippen molar-refractivity contribution < 1.29 is 9.53 Å². The summed E-state index contributed by atoms with van der Waals surface area (Å²) in [6.45, 7) is 1.29. The molecule has 148 valence electrons. The van der Waals surface area contributed by atoms with Crippen LogP contribution >= 0.6 is 0 Å². The van der Waals surface area contributed by atoms with Crippen LogP contribution in [0.5, 0.6) is 5.75 Å². The minimum atomic E-state index is 0.0115. The summed E-state index contributed by atoms with van der Waals surface area (Å²) < 4.78 is 5.97. The van der Waals surface area contributed by atoms with Crippen LogP contribution in [0.1, 0.15) is 16.8 Å². The fraction of sp³-hybridized carbons (Fsp3) is 0.160. The van der Waals surface area contributed by atoms with Crippen LogP contribution in [0.4, 0.5) is 0 Å². The summed E-state index contributed by atoms with van der Waals surface area (Å²) in [4.78, 5) is 23.3. The van der Waals surface area contributed by atoms with Crippen molar-refractivity contribution in [2.75, 3.05) is 13.1 Å². The van der Waals surface area contributed by atoms with Crippen molar-refractivity contribution in [3.63, 3.8) is 0 Å². The lowest BCUT2D eigenvalue weighted by Gasteiger charge is -2.17. The zero-order valence-electron chi connectivity index (χ0n) is 16.4. The predicted molar refractivity (Wildman–Crippen MR) is 116 cm³/mol. The van der Waals surface area contributed by atoms with Gasteiger partial charge in [-0.3, -0.25) is 14.8 Å². The molecule has 1 aliphatic rings. The van der Waals surface area contributed by atoms with Gasteiger partial charge in [-0.25, -0.2) is 0 Å². The van der Waals surface area contributed by atoms with Crippen molar-refractivity contribution in [2.45, 2.75) is 12.5 Å². The highest BCUT2D eigenvalue weighted by atomic mass is 16.5. The predicted octanol–water partition coefficient (Wildman–Crippen LogP) is 4.59. The van der Waals surface area contributed by atoms with Crippen LogP contribution in [0.15, 0.2) is 85.3 Å². The molecule has 5 rings (SSSR count). The Kier molecular flexibility index (Phi) is 4.85. The van der Waals surface area contributed by atoms with Crippen LogP contribution in [0.25, 0.3) is 22.0 Å². The van der Waals surface area contributed by atoms with E-state index in [0.29, 0.717) is 18.7 Å². The third-order valence-electron chi connectivity index (χ3n) is 5.46. The first-order valence-corrected chi connectivity index (χ1v) is 10.1. The molecule has 30 heavy (non-hydrogen) atoms. The molecule has 0 N–H and O–H groups in total. The lowest BCUT2D eigenvalue weighted by molar-refractivity contribution is 0.0772. The van der Waals surface area contributed by atoms with Gasteiger partial charge >= 0.3 is 0 Å². The molecule has 0 spiro atoms. The number of fused-ring (bicyclic) bond motifs is 1. The van der Waals surface area contributed by atoms with Gasteiger partial charge in [0.25, 0.3) is 5.91 Å². The minimum Gasteiger partial charge on any atom is -0.488 e. The van der Waals surface area contributed by atoms with Crippen LogP contribution < -0.4 is 4.74 Å². The number of ether oxygens (including phenoxy) is 1. The highest BCUT2D eigenvalue weighted by Gasteiger charge is 2.28. The second-order valence-corrected chi connectivity index (χ2v) is 7.42. The quantitative estimate of drug-likeness (QED) is 0.507. The van der Waals surface area contributed by atoms with Gasteiger partial charge in [0.2, 0.25) is 0 Å². The first-order chi connectivity index (χ1) is 14.8. The Bertz CT molecular complexity index is 1170. The van der Waals surface area contributed by atoms with E-state index in [2.05, 4.69) is 28.2 Å². The highest BCUT2D eigenvalue weighted by molar-refractivity contribution is 5.97. The summed E-state index contributed by atoms with van der Waals surface area (Å²) in [6.07, 6.45) is 6.06. The van der Waals surface area contributed by atoms with Crippen molar-refractivity contribution in [3.05, 3.63) is 90.9 Å². The molecule has 0 saturated carbocycles. The summed E-state index contributed by atoms with van der Waals surface area (Å²) in [5.41, 5.74) is 3.78. The average Bonchev–Trinajstić information content (AvgIpc) is 3.27. The maximum Gasteiger partial charge on any atom is 0.253 e. The Morgan fingerprint density at radius 3 is 2.57 bits per heavy atom. The second kappa shape index (κ2) is 7.95. The first-order valence-electron chi connectivity index (χ1n) is 10.1. The lowest BCUT2D eigenvalue weighted by Crippen LogP contribution is -2.30. The number of benzene rings is 2. The molecule has 4 aromatic rings. The Morgan fingerprint density at radius 1 is 0.933 bits per heavy atom. The van der Waals surface area contributed by atoms with E-state index in [1.165, 1.54) is 0 Å². The Hall–Kier alpha value is -3.73. The molecule has 1 aliphatic heterocycles. The summed E-state index contributed by atoms with van der Waals surface area (Å²) >= 11 is 0. The normalized spacial score (nSPS) is 16.0. The summed E-state index contributed by atoms with van der Waals surface area (Å²) in [7, 11) is 0. The van der Waals surface area contributed by atoms with Crippen molar-refractivity contribution in [1.29, 1.82) is 0 Å². The van der Waals surface area contributed by atoms with Crippen molar-refractivity contribution in [1.82, 2.24) is 14.9 Å². The number of carbonyl (C=O) groups is 1. The van der Waals surface area contributed by atoms with Gasteiger partial charge in [-0.1, -0.05) is 36.4 Å². The van der Waals surface area contributed by atoms with E-state index in [-0.39, 0.29) is 12.0 Å². The SMILES string of the molecule is O=C(c1ccc(-c2cccc3cccnc23)cc1)N1CCC(Oc2ccncc2)C1. The van der Waals surface area contributed by atoms with Crippen molar-refractivity contribution >= 4 is 16.8 Å². The summed E-state index contributed by atoms with van der Waals surface area (Å²) in [6, 6.07) is 21.6. The van der Waals surface area contributed by atoms with Crippen LogP contribution in [-0.4, -0.2) is 40.0 Å². The fourth-order valence-corrected chi connectivity index (χ4v) is 3.93. The molecule has 5 nitrogen and oxygen atoms in total. The molecule has 3 heterocycles. The molecule has 1 fully saturated rings.